The number of likely N-dealkylation sites (N-methyl/N-ethyl adjacent to an activating group) is 1. The average Bonchev–Trinajstić information content (AvgIpc) is 2.54. The zero-order chi connectivity index (χ0) is 9.52. The second-order valence-corrected chi connectivity index (χ2v) is 3.46. The molecule has 0 radical (unpaired) electrons. The Hall–Kier alpha value is -0.610. The van der Waals surface area contributed by atoms with Crippen LogP contribution in [-0.4, -0.2) is 24.7 Å². The first-order valence-corrected chi connectivity index (χ1v) is 5.52. The van der Waals surface area contributed by atoms with Gasteiger partial charge in [-0.25, -0.2) is 4.98 Å². The fourth-order valence-corrected chi connectivity index (χ4v) is 1.75. The summed E-state index contributed by atoms with van der Waals surface area (Å²) in [5, 5.41) is 6.11. The van der Waals surface area contributed by atoms with E-state index >= 15 is 0 Å². The van der Waals surface area contributed by atoms with Crippen LogP contribution >= 0.6 is 11.3 Å². The number of hydrogen-bond donors (Lipinski definition) is 1. The summed E-state index contributed by atoms with van der Waals surface area (Å²) >= 11 is 1.57. The third-order valence-corrected chi connectivity index (χ3v) is 2.41. The lowest BCUT2D eigenvalue weighted by Gasteiger charge is -1.97. The molecule has 0 atom stereocenters. The van der Waals surface area contributed by atoms with Crippen molar-refractivity contribution in [3.05, 3.63) is 11.1 Å². The van der Waals surface area contributed by atoms with Crippen LogP contribution in [-0.2, 0) is 6.42 Å². The molecule has 1 aromatic heterocycles. The lowest BCUT2D eigenvalue weighted by Crippen LogP contribution is -2.16. The molecule has 4 heteroatoms. The van der Waals surface area contributed by atoms with Crippen LogP contribution in [0.15, 0.2) is 5.38 Å². The van der Waals surface area contributed by atoms with Crippen molar-refractivity contribution in [1.29, 1.82) is 0 Å². The monoisotopic (exact) mass is 200 g/mol. The van der Waals surface area contributed by atoms with E-state index in [1.165, 1.54) is 0 Å². The topological polar surface area (TPSA) is 34.1 Å². The van der Waals surface area contributed by atoms with E-state index in [-0.39, 0.29) is 0 Å². The van der Waals surface area contributed by atoms with Gasteiger partial charge in [0.05, 0.1) is 12.3 Å². The van der Waals surface area contributed by atoms with Crippen molar-refractivity contribution in [3.63, 3.8) is 0 Å². The Morgan fingerprint density at radius 1 is 1.54 bits per heavy atom. The number of thiazole rings is 1. The van der Waals surface area contributed by atoms with E-state index in [0.717, 1.165) is 30.4 Å². The highest BCUT2D eigenvalue weighted by atomic mass is 32.1. The predicted octanol–water partition coefficient (Wildman–Crippen LogP) is 1.69. The Morgan fingerprint density at radius 2 is 2.38 bits per heavy atom. The van der Waals surface area contributed by atoms with Gasteiger partial charge in [-0.2, -0.15) is 0 Å². The van der Waals surface area contributed by atoms with Crippen molar-refractivity contribution in [3.8, 4) is 5.19 Å². The second kappa shape index (κ2) is 5.94. The molecule has 0 amide bonds. The van der Waals surface area contributed by atoms with Gasteiger partial charge < -0.3 is 10.1 Å². The first kappa shape index (κ1) is 10.5. The van der Waals surface area contributed by atoms with Gasteiger partial charge in [0.25, 0.3) is 5.19 Å². The highest BCUT2D eigenvalue weighted by molar-refractivity contribution is 7.11. The Balaban J connectivity index is 2.31. The third kappa shape index (κ3) is 3.74. The van der Waals surface area contributed by atoms with E-state index in [1.54, 1.807) is 11.3 Å². The number of aromatic nitrogens is 1. The number of hydrogen-bond acceptors (Lipinski definition) is 4. The molecule has 0 spiro atoms. The van der Waals surface area contributed by atoms with E-state index in [0.29, 0.717) is 6.61 Å². The molecule has 1 aromatic rings. The Labute approximate surface area is 83.1 Å². The van der Waals surface area contributed by atoms with Gasteiger partial charge in [-0.1, -0.05) is 18.3 Å². The van der Waals surface area contributed by atoms with Crippen LogP contribution in [0.1, 0.15) is 19.5 Å². The van der Waals surface area contributed by atoms with Crippen molar-refractivity contribution in [2.24, 2.45) is 0 Å². The molecule has 1 heterocycles. The minimum Gasteiger partial charge on any atom is -0.470 e. The third-order valence-electron chi connectivity index (χ3n) is 1.61. The molecule has 0 aromatic carbocycles. The van der Waals surface area contributed by atoms with Crippen molar-refractivity contribution in [2.45, 2.75) is 20.3 Å². The summed E-state index contributed by atoms with van der Waals surface area (Å²) < 4.78 is 5.28. The van der Waals surface area contributed by atoms with E-state index in [9.17, 15) is 0 Å². The predicted molar refractivity (Wildman–Crippen MR) is 55.5 cm³/mol. The fourth-order valence-electron chi connectivity index (χ4n) is 0.986. The maximum absolute atomic E-state index is 5.28. The van der Waals surface area contributed by atoms with Gasteiger partial charge in [0.1, 0.15) is 0 Å². The Morgan fingerprint density at radius 3 is 3.08 bits per heavy atom. The maximum atomic E-state index is 5.28. The van der Waals surface area contributed by atoms with E-state index < -0.39 is 0 Å². The van der Waals surface area contributed by atoms with Gasteiger partial charge in [0.15, 0.2) is 0 Å². The molecule has 0 fully saturated rings. The van der Waals surface area contributed by atoms with Crippen LogP contribution in [0.5, 0.6) is 5.19 Å². The lowest BCUT2D eigenvalue weighted by atomic mass is 10.3. The molecule has 1 rings (SSSR count). The van der Waals surface area contributed by atoms with E-state index in [4.69, 9.17) is 4.74 Å². The number of nitrogens with one attached hydrogen (secondary N) is 1. The Kier molecular flexibility index (Phi) is 4.78. The fraction of sp³-hybridized carbons (Fsp3) is 0.667. The minimum atomic E-state index is 0.695. The first-order valence-electron chi connectivity index (χ1n) is 4.64. The van der Waals surface area contributed by atoms with Gasteiger partial charge in [-0.15, -0.1) is 0 Å². The van der Waals surface area contributed by atoms with Crippen molar-refractivity contribution >= 4 is 11.3 Å². The summed E-state index contributed by atoms with van der Waals surface area (Å²) in [7, 11) is 0. The second-order valence-electron chi connectivity index (χ2n) is 2.64. The van der Waals surface area contributed by atoms with Gasteiger partial charge in [0.2, 0.25) is 0 Å². The quantitative estimate of drug-likeness (QED) is 0.710. The summed E-state index contributed by atoms with van der Waals surface area (Å²) in [4.78, 5) is 4.33. The number of rotatable bonds is 6. The number of nitrogens with zero attached hydrogens (tertiary/aromatic N) is 1. The highest BCUT2D eigenvalue weighted by Gasteiger charge is 2.00. The summed E-state index contributed by atoms with van der Waals surface area (Å²) in [6, 6.07) is 0. The molecule has 0 unspecified atom stereocenters. The normalized spacial score (nSPS) is 10.3. The average molecular weight is 200 g/mol. The Bertz CT molecular complexity index is 237. The maximum Gasteiger partial charge on any atom is 0.273 e. The smallest absolute Gasteiger partial charge is 0.273 e. The van der Waals surface area contributed by atoms with Gasteiger partial charge in [-0.05, 0) is 13.5 Å². The van der Waals surface area contributed by atoms with E-state index in [1.807, 2.05) is 6.92 Å². The SMILES string of the molecule is CCNCCc1csc(OCC)n1. The van der Waals surface area contributed by atoms with Crippen molar-refractivity contribution < 1.29 is 4.74 Å². The van der Waals surface area contributed by atoms with Crippen molar-refractivity contribution in [2.75, 3.05) is 19.7 Å². The van der Waals surface area contributed by atoms with Crippen LogP contribution in [0.4, 0.5) is 0 Å². The zero-order valence-corrected chi connectivity index (χ0v) is 8.99. The molecular formula is C9H16N2OS. The van der Waals surface area contributed by atoms with Gasteiger partial charge in [-0.3, -0.25) is 0 Å². The molecule has 0 saturated carbocycles. The van der Waals surface area contributed by atoms with Gasteiger partial charge >= 0.3 is 0 Å². The molecule has 0 aliphatic rings. The zero-order valence-electron chi connectivity index (χ0n) is 8.17. The molecule has 0 bridgehead atoms. The molecule has 74 valence electrons. The van der Waals surface area contributed by atoms with Gasteiger partial charge in [0, 0.05) is 18.3 Å². The largest absolute Gasteiger partial charge is 0.470 e. The van der Waals surface area contributed by atoms with Crippen LogP contribution in [0.2, 0.25) is 0 Å². The summed E-state index contributed by atoms with van der Waals surface area (Å²) in [6.45, 7) is 6.78. The molecule has 1 N–H and O–H groups in total. The molecular weight excluding hydrogens is 184 g/mol. The molecule has 0 saturated heterocycles. The molecule has 13 heavy (non-hydrogen) atoms. The van der Waals surface area contributed by atoms with E-state index in [2.05, 4.69) is 22.6 Å². The number of ether oxygens (including phenoxy) is 1. The van der Waals surface area contributed by atoms with Crippen LogP contribution < -0.4 is 10.1 Å². The summed E-state index contributed by atoms with van der Waals surface area (Å²) in [5.74, 6) is 0. The first-order chi connectivity index (χ1) is 6.36. The lowest BCUT2D eigenvalue weighted by molar-refractivity contribution is 0.337. The van der Waals surface area contributed by atoms with Crippen LogP contribution in [0.25, 0.3) is 0 Å². The summed E-state index contributed by atoms with van der Waals surface area (Å²) in [6.07, 6.45) is 0.984. The van der Waals surface area contributed by atoms with Crippen molar-refractivity contribution in [1.82, 2.24) is 10.3 Å². The molecule has 0 aliphatic heterocycles. The standard InChI is InChI=1S/C9H16N2OS/c1-3-10-6-5-8-7-13-9(11-8)12-4-2/h7,10H,3-6H2,1-2H3. The molecule has 0 aliphatic carbocycles. The summed E-state index contributed by atoms with van der Waals surface area (Å²) in [5.41, 5.74) is 1.12. The molecule has 3 nitrogen and oxygen atoms in total. The minimum absolute atomic E-state index is 0.695. The highest BCUT2D eigenvalue weighted by Crippen LogP contribution is 2.17. The van der Waals surface area contributed by atoms with Crippen LogP contribution in [0.3, 0.4) is 0 Å². The van der Waals surface area contributed by atoms with Crippen LogP contribution in [0, 0.1) is 0 Å².